The first kappa shape index (κ1) is 13.9. The predicted molar refractivity (Wildman–Crippen MR) is 72.9 cm³/mol. The van der Waals surface area contributed by atoms with Gasteiger partial charge in [-0.1, -0.05) is 29.8 Å². The second-order valence-corrected chi connectivity index (χ2v) is 4.14. The molecule has 0 radical (unpaired) electrons. The quantitative estimate of drug-likeness (QED) is 0.393. The van der Waals surface area contributed by atoms with Crippen molar-refractivity contribution in [2.24, 2.45) is 0 Å². The van der Waals surface area contributed by atoms with Crippen LogP contribution in [-0.2, 0) is 6.54 Å². The van der Waals surface area contributed by atoms with Crippen molar-refractivity contribution in [3.8, 4) is 0 Å². The SMILES string of the molecule is O=Cc1c(Cl)ncnc1NCc1ccccc1[N+](=O)[O-]. The van der Waals surface area contributed by atoms with Gasteiger partial charge in [0.2, 0.25) is 0 Å². The molecule has 1 N–H and O–H groups in total. The van der Waals surface area contributed by atoms with Crippen molar-refractivity contribution < 1.29 is 9.72 Å². The molecule has 0 aliphatic carbocycles. The van der Waals surface area contributed by atoms with Crippen LogP contribution in [0.1, 0.15) is 15.9 Å². The Bertz CT molecular complexity index is 663. The second-order valence-electron chi connectivity index (χ2n) is 3.78. The fourth-order valence-electron chi connectivity index (χ4n) is 1.64. The maximum atomic E-state index is 10.9. The first-order valence-electron chi connectivity index (χ1n) is 5.55. The van der Waals surface area contributed by atoms with Gasteiger partial charge in [0.25, 0.3) is 5.69 Å². The van der Waals surface area contributed by atoms with Gasteiger partial charge in [0.1, 0.15) is 17.3 Å². The molecule has 1 heterocycles. The summed E-state index contributed by atoms with van der Waals surface area (Å²) in [5.41, 5.74) is 0.588. The first-order valence-corrected chi connectivity index (χ1v) is 5.93. The minimum Gasteiger partial charge on any atom is -0.365 e. The van der Waals surface area contributed by atoms with Gasteiger partial charge < -0.3 is 5.32 Å². The van der Waals surface area contributed by atoms with Crippen molar-refractivity contribution in [3.05, 3.63) is 57.0 Å². The molecule has 0 bridgehead atoms. The summed E-state index contributed by atoms with van der Waals surface area (Å²) in [6.45, 7) is 0.144. The summed E-state index contributed by atoms with van der Waals surface area (Å²) >= 11 is 5.76. The van der Waals surface area contributed by atoms with Crippen molar-refractivity contribution in [3.63, 3.8) is 0 Å². The van der Waals surface area contributed by atoms with Crippen LogP contribution in [0.2, 0.25) is 5.15 Å². The van der Waals surface area contributed by atoms with E-state index in [1.807, 2.05) is 0 Å². The second kappa shape index (κ2) is 6.07. The number of aromatic nitrogens is 2. The summed E-state index contributed by atoms with van der Waals surface area (Å²) in [5, 5.41) is 13.8. The van der Waals surface area contributed by atoms with Crippen molar-refractivity contribution >= 4 is 29.4 Å². The highest BCUT2D eigenvalue weighted by Crippen LogP contribution is 2.21. The lowest BCUT2D eigenvalue weighted by atomic mass is 10.2. The number of rotatable bonds is 5. The van der Waals surface area contributed by atoms with Gasteiger partial charge in [-0.2, -0.15) is 0 Å². The van der Waals surface area contributed by atoms with Crippen LogP contribution in [0.5, 0.6) is 0 Å². The number of hydrogen-bond acceptors (Lipinski definition) is 6. The van der Waals surface area contributed by atoms with Gasteiger partial charge in [-0.25, -0.2) is 9.97 Å². The minimum atomic E-state index is -0.468. The number of carbonyl (C=O) groups excluding carboxylic acids is 1. The number of benzene rings is 1. The average Bonchev–Trinajstić information content (AvgIpc) is 2.45. The van der Waals surface area contributed by atoms with Gasteiger partial charge in [-0.3, -0.25) is 14.9 Å². The number of halogens is 1. The Morgan fingerprint density at radius 3 is 2.80 bits per heavy atom. The van der Waals surface area contributed by atoms with E-state index in [2.05, 4.69) is 15.3 Å². The Morgan fingerprint density at radius 2 is 2.10 bits per heavy atom. The van der Waals surface area contributed by atoms with Crippen LogP contribution < -0.4 is 5.32 Å². The summed E-state index contributed by atoms with van der Waals surface area (Å²) in [6.07, 6.45) is 1.74. The third-order valence-corrected chi connectivity index (χ3v) is 2.89. The standard InChI is InChI=1S/C12H9ClN4O3/c13-11-9(6-18)12(16-7-15-11)14-5-8-3-1-2-4-10(8)17(19)20/h1-4,6-7H,5H2,(H,14,15,16). The highest BCUT2D eigenvalue weighted by Gasteiger charge is 2.14. The van der Waals surface area contributed by atoms with E-state index < -0.39 is 4.92 Å². The molecule has 8 heteroatoms. The number of nitro groups is 1. The molecule has 102 valence electrons. The van der Waals surface area contributed by atoms with E-state index in [4.69, 9.17) is 11.6 Å². The summed E-state index contributed by atoms with van der Waals surface area (Å²) < 4.78 is 0. The molecule has 7 nitrogen and oxygen atoms in total. The Morgan fingerprint density at radius 1 is 1.35 bits per heavy atom. The molecule has 0 spiro atoms. The van der Waals surface area contributed by atoms with E-state index >= 15 is 0 Å². The third kappa shape index (κ3) is 2.89. The van der Waals surface area contributed by atoms with Gasteiger partial charge in [-0.15, -0.1) is 0 Å². The number of nitro benzene ring substituents is 1. The van der Waals surface area contributed by atoms with Crippen LogP contribution in [-0.4, -0.2) is 21.2 Å². The maximum Gasteiger partial charge on any atom is 0.274 e. The average molecular weight is 293 g/mol. The number of anilines is 1. The van der Waals surface area contributed by atoms with Crippen LogP contribution in [0.4, 0.5) is 11.5 Å². The maximum absolute atomic E-state index is 10.9. The number of aldehydes is 1. The van der Waals surface area contributed by atoms with Gasteiger partial charge in [0.05, 0.1) is 10.5 Å². The Labute approximate surface area is 118 Å². The highest BCUT2D eigenvalue weighted by atomic mass is 35.5. The fourth-order valence-corrected chi connectivity index (χ4v) is 1.81. The zero-order valence-electron chi connectivity index (χ0n) is 10.1. The first-order chi connectivity index (χ1) is 9.63. The predicted octanol–water partition coefficient (Wildman–Crippen LogP) is 2.46. The fraction of sp³-hybridized carbons (Fsp3) is 0.0833. The van der Waals surface area contributed by atoms with E-state index in [0.717, 1.165) is 0 Å². The molecule has 0 unspecified atom stereocenters. The van der Waals surface area contributed by atoms with Crippen LogP contribution in [0.3, 0.4) is 0 Å². The monoisotopic (exact) mass is 292 g/mol. The van der Waals surface area contributed by atoms with Crippen molar-refractivity contribution in [2.45, 2.75) is 6.54 Å². The Kier molecular flexibility index (Phi) is 4.21. The molecule has 2 rings (SSSR count). The van der Waals surface area contributed by atoms with E-state index in [9.17, 15) is 14.9 Å². The number of carbonyl (C=O) groups is 1. The largest absolute Gasteiger partial charge is 0.365 e. The van der Waals surface area contributed by atoms with Gasteiger partial charge in [0.15, 0.2) is 6.29 Å². The van der Waals surface area contributed by atoms with Gasteiger partial charge in [-0.05, 0) is 0 Å². The number of hydrogen-bond donors (Lipinski definition) is 1. The topological polar surface area (TPSA) is 98.0 Å². The molecule has 2 aromatic rings. The molecule has 20 heavy (non-hydrogen) atoms. The lowest BCUT2D eigenvalue weighted by molar-refractivity contribution is -0.385. The molecule has 0 atom stereocenters. The number of nitrogens with zero attached hydrogens (tertiary/aromatic N) is 3. The lowest BCUT2D eigenvalue weighted by Crippen LogP contribution is -2.07. The zero-order valence-corrected chi connectivity index (χ0v) is 10.9. The van der Waals surface area contributed by atoms with E-state index in [1.165, 1.54) is 12.4 Å². The lowest BCUT2D eigenvalue weighted by Gasteiger charge is -2.08. The Hall–Kier alpha value is -2.54. The molecule has 0 aliphatic rings. The molecule has 0 saturated carbocycles. The minimum absolute atomic E-state index is 0.00666. The van der Waals surface area contributed by atoms with Crippen molar-refractivity contribution in [1.82, 2.24) is 9.97 Å². The molecule has 0 fully saturated rings. The molecule has 1 aromatic heterocycles. The normalized spacial score (nSPS) is 10.1. The summed E-state index contributed by atoms with van der Waals surface area (Å²) in [4.78, 5) is 28.9. The number of nitrogens with one attached hydrogen (secondary N) is 1. The van der Waals surface area contributed by atoms with E-state index in [1.54, 1.807) is 18.2 Å². The van der Waals surface area contributed by atoms with E-state index in [-0.39, 0.29) is 28.8 Å². The van der Waals surface area contributed by atoms with Crippen LogP contribution in [0.25, 0.3) is 0 Å². The van der Waals surface area contributed by atoms with E-state index in [0.29, 0.717) is 11.8 Å². The van der Waals surface area contributed by atoms with Crippen molar-refractivity contribution in [1.29, 1.82) is 0 Å². The summed E-state index contributed by atoms with van der Waals surface area (Å²) in [5.74, 6) is 0.234. The highest BCUT2D eigenvalue weighted by molar-refractivity contribution is 6.32. The molecule has 0 amide bonds. The molecular weight excluding hydrogens is 284 g/mol. The summed E-state index contributed by atoms with van der Waals surface area (Å²) in [6, 6.07) is 6.30. The van der Waals surface area contributed by atoms with Gasteiger partial charge in [0, 0.05) is 18.2 Å². The van der Waals surface area contributed by atoms with Crippen LogP contribution in [0, 0.1) is 10.1 Å². The Balaban J connectivity index is 2.24. The third-order valence-electron chi connectivity index (χ3n) is 2.59. The summed E-state index contributed by atoms with van der Waals surface area (Å²) in [7, 11) is 0. The molecule has 1 aromatic carbocycles. The van der Waals surface area contributed by atoms with Crippen LogP contribution in [0.15, 0.2) is 30.6 Å². The zero-order chi connectivity index (χ0) is 14.5. The van der Waals surface area contributed by atoms with Crippen molar-refractivity contribution in [2.75, 3.05) is 5.32 Å². The number of para-hydroxylation sites is 1. The molecule has 0 saturated heterocycles. The van der Waals surface area contributed by atoms with Crippen LogP contribution >= 0.6 is 11.6 Å². The molecule has 0 aliphatic heterocycles. The smallest absolute Gasteiger partial charge is 0.274 e. The molecular formula is C12H9ClN4O3. The van der Waals surface area contributed by atoms with Gasteiger partial charge >= 0.3 is 0 Å².